The highest BCUT2D eigenvalue weighted by Crippen LogP contribution is 2.30. The Labute approximate surface area is 148 Å². The molecule has 0 bridgehead atoms. The Morgan fingerprint density at radius 1 is 1.08 bits per heavy atom. The zero-order chi connectivity index (χ0) is 17.4. The van der Waals surface area contributed by atoms with Crippen molar-refractivity contribution in [2.75, 3.05) is 13.1 Å². The van der Waals surface area contributed by atoms with Gasteiger partial charge < -0.3 is 9.80 Å². The van der Waals surface area contributed by atoms with Gasteiger partial charge in [-0.25, -0.2) is 4.39 Å². The molecule has 0 spiro atoms. The van der Waals surface area contributed by atoms with Gasteiger partial charge in [0.2, 0.25) is 0 Å². The molecule has 4 rings (SSSR count). The number of aromatic nitrogens is 2. The maximum absolute atomic E-state index is 13.0. The van der Waals surface area contributed by atoms with Crippen LogP contribution in [0.25, 0.3) is 10.6 Å². The second kappa shape index (κ2) is 6.51. The maximum atomic E-state index is 13.0. The van der Waals surface area contributed by atoms with Gasteiger partial charge in [0.05, 0.1) is 6.54 Å². The van der Waals surface area contributed by atoms with Crippen LogP contribution in [0.15, 0.2) is 30.3 Å². The van der Waals surface area contributed by atoms with Gasteiger partial charge in [0, 0.05) is 24.7 Å². The van der Waals surface area contributed by atoms with Crippen molar-refractivity contribution >= 4 is 23.2 Å². The van der Waals surface area contributed by atoms with E-state index >= 15 is 0 Å². The normalized spacial score (nSPS) is 23.7. The van der Waals surface area contributed by atoms with Crippen LogP contribution in [0.3, 0.4) is 0 Å². The number of halogens is 1. The van der Waals surface area contributed by atoms with Gasteiger partial charge >= 0.3 is 11.8 Å². The van der Waals surface area contributed by atoms with Gasteiger partial charge in [-0.15, -0.1) is 10.2 Å². The average molecular weight is 360 g/mol. The summed E-state index contributed by atoms with van der Waals surface area (Å²) in [5, 5.41) is 9.78. The van der Waals surface area contributed by atoms with E-state index in [1.54, 1.807) is 0 Å². The molecule has 130 valence electrons. The molecule has 1 aliphatic carbocycles. The number of piperazine rings is 1. The molecule has 2 heterocycles. The van der Waals surface area contributed by atoms with Gasteiger partial charge in [-0.05, 0) is 12.8 Å². The van der Waals surface area contributed by atoms with E-state index in [2.05, 4.69) is 10.2 Å². The number of rotatable bonds is 4. The molecule has 0 atom stereocenters. The third-order valence-corrected chi connectivity index (χ3v) is 5.61. The Bertz CT molecular complexity index is 791. The lowest BCUT2D eigenvalue weighted by atomic mass is 9.88. The number of hydrogen-bond acceptors (Lipinski definition) is 5. The van der Waals surface area contributed by atoms with Crippen LogP contribution in [-0.4, -0.2) is 57.1 Å². The molecule has 0 N–H and O–H groups in total. The van der Waals surface area contributed by atoms with Crippen molar-refractivity contribution in [2.45, 2.75) is 31.6 Å². The smallest absolute Gasteiger partial charge is 0.312 e. The first kappa shape index (κ1) is 16.1. The number of benzene rings is 1. The van der Waals surface area contributed by atoms with Crippen LogP contribution in [-0.2, 0) is 16.1 Å². The first-order valence-corrected chi connectivity index (χ1v) is 9.05. The lowest BCUT2D eigenvalue weighted by Gasteiger charge is -2.43. The number of hydrogen-bond donors (Lipinski definition) is 0. The van der Waals surface area contributed by atoms with E-state index in [1.165, 1.54) is 21.1 Å². The zero-order valence-corrected chi connectivity index (χ0v) is 14.3. The lowest BCUT2D eigenvalue weighted by molar-refractivity contribution is -0.160. The van der Waals surface area contributed by atoms with E-state index in [-0.39, 0.29) is 12.6 Å². The second-order valence-electron chi connectivity index (χ2n) is 6.31. The summed E-state index contributed by atoms with van der Waals surface area (Å²) >= 11 is 1.42. The molecule has 0 radical (unpaired) electrons. The molecule has 8 heteroatoms. The van der Waals surface area contributed by atoms with Gasteiger partial charge in [0.15, 0.2) is 0 Å². The minimum atomic E-state index is -0.844. The van der Waals surface area contributed by atoms with Gasteiger partial charge in [0.25, 0.3) is 0 Å². The van der Waals surface area contributed by atoms with Gasteiger partial charge in [-0.3, -0.25) is 9.59 Å². The molecule has 2 aliphatic rings. The van der Waals surface area contributed by atoms with Crippen LogP contribution in [0.2, 0.25) is 0 Å². The summed E-state index contributed by atoms with van der Waals surface area (Å²) in [6, 6.07) is 9.58. The van der Waals surface area contributed by atoms with Crippen LogP contribution in [0.1, 0.15) is 17.8 Å². The fourth-order valence-electron chi connectivity index (χ4n) is 3.14. The molecule has 1 saturated heterocycles. The predicted octanol–water partition coefficient (Wildman–Crippen LogP) is 1.88. The molecule has 2 fully saturated rings. The summed E-state index contributed by atoms with van der Waals surface area (Å²) in [5.41, 5.74) is 0.976. The van der Waals surface area contributed by atoms with Crippen molar-refractivity contribution in [3.8, 4) is 10.6 Å². The predicted molar refractivity (Wildman–Crippen MR) is 90.4 cm³/mol. The monoisotopic (exact) mass is 360 g/mol. The van der Waals surface area contributed by atoms with Crippen molar-refractivity contribution < 1.29 is 14.0 Å². The molecule has 6 nitrogen and oxygen atoms in total. The average Bonchev–Trinajstić information content (AvgIpc) is 3.06. The summed E-state index contributed by atoms with van der Waals surface area (Å²) in [6.45, 7) is 1.17. The van der Waals surface area contributed by atoms with Crippen molar-refractivity contribution in [3.63, 3.8) is 0 Å². The molecule has 2 aromatic rings. The van der Waals surface area contributed by atoms with Crippen LogP contribution in [0, 0.1) is 0 Å². The quantitative estimate of drug-likeness (QED) is 0.781. The largest absolute Gasteiger partial charge is 0.329 e. The lowest BCUT2D eigenvalue weighted by Crippen LogP contribution is -2.59. The fourth-order valence-corrected chi connectivity index (χ4v) is 4.00. The third-order valence-electron chi connectivity index (χ3n) is 4.65. The van der Waals surface area contributed by atoms with Crippen molar-refractivity contribution in [2.24, 2.45) is 0 Å². The van der Waals surface area contributed by atoms with Crippen molar-refractivity contribution in [1.29, 1.82) is 0 Å². The maximum Gasteiger partial charge on any atom is 0.312 e. The van der Waals surface area contributed by atoms with Crippen LogP contribution in [0.4, 0.5) is 4.39 Å². The molecule has 1 aromatic carbocycles. The number of carbonyl (C=O) groups excluding carboxylic acids is 2. The van der Waals surface area contributed by atoms with E-state index in [0.29, 0.717) is 30.9 Å². The van der Waals surface area contributed by atoms with Crippen LogP contribution >= 0.6 is 11.3 Å². The van der Waals surface area contributed by atoms with E-state index in [0.717, 1.165) is 10.6 Å². The fraction of sp³-hybridized carbons (Fsp3) is 0.412. The molecule has 1 aromatic heterocycles. The van der Waals surface area contributed by atoms with Crippen LogP contribution in [0.5, 0.6) is 0 Å². The molecular formula is C17H17FN4O2S. The van der Waals surface area contributed by atoms with E-state index in [1.807, 2.05) is 30.3 Å². The minimum absolute atomic E-state index is 0.125. The Kier molecular flexibility index (Phi) is 4.20. The standard InChI is InChI=1S/C17H17FN4O2S/c18-12-8-13(9-12)22-7-6-21(16(23)17(22)24)10-14-19-20-15(25-14)11-4-2-1-3-5-11/h1-5,12-13H,6-10H2. The zero-order valence-electron chi connectivity index (χ0n) is 13.5. The highest BCUT2D eigenvalue weighted by atomic mass is 32.1. The van der Waals surface area contributed by atoms with E-state index < -0.39 is 18.0 Å². The first-order chi connectivity index (χ1) is 12.1. The van der Waals surface area contributed by atoms with Crippen molar-refractivity contribution in [1.82, 2.24) is 20.0 Å². The summed E-state index contributed by atoms with van der Waals surface area (Å²) < 4.78 is 13.0. The highest BCUT2D eigenvalue weighted by molar-refractivity contribution is 7.14. The van der Waals surface area contributed by atoms with E-state index in [4.69, 9.17) is 0 Å². The third kappa shape index (κ3) is 3.13. The summed E-state index contributed by atoms with van der Waals surface area (Å²) in [7, 11) is 0. The Hall–Kier alpha value is -2.35. The molecular weight excluding hydrogens is 343 g/mol. The summed E-state index contributed by atoms with van der Waals surface area (Å²) in [4.78, 5) is 27.6. The number of alkyl halides is 1. The number of amides is 2. The number of nitrogens with zero attached hydrogens (tertiary/aromatic N) is 4. The molecule has 0 unspecified atom stereocenters. The SMILES string of the molecule is O=C1C(=O)N(C2CC(F)C2)CCN1Cc1nnc(-c2ccccc2)s1. The Balaban J connectivity index is 1.41. The molecule has 25 heavy (non-hydrogen) atoms. The highest BCUT2D eigenvalue weighted by Gasteiger charge is 2.42. The Morgan fingerprint density at radius 3 is 2.56 bits per heavy atom. The molecule has 1 saturated carbocycles. The van der Waals surface area contributed by atoms with Gasteiger partial charge in [0.1, 0.15) is 16.2 Å². The number of carbonyl (C=O) groups is 2. The van der Waals surface area contributed by atoms with Crippen LogP contribution < -0.4 is 0 Å². The minimum Gasteiger partial charge on any atom is -0.329 e. The van der Waals surface area contributed by atoms with E-state index in [9.17, 15) is 14.0 Å². The topological polar surface area (TPSA) is 66.4 Å². The summed E-state index contributed by atoms with van der Waals surface area (Å²) in [6.07, 6.45) is -0.158. The first-order valence-electron chi connectivity index (χ1n) is 8.23. The van der Waals surface area contributed by atoms with Crippen molar-refractivity contribution in [3.05, 3.63) is 35.3 Å². The molecule has 2 amide bonds. The molecule has 1 aliphatic heterocycles. The Morgan fingerprint density at radius 2 is 1.84 bits per heavy atom. The van der Waals surface area contributed by atoms with Gasteiger partial charge in [-0.1, -0.05) is 41.7 Å². The second-order valence-corrected chi connectivity index (χ2v) is 7.38. The van der Waals surface area contributed by atoms with Gasteiger partial charge in [-0.2, -0.15) is 0 Å². The summed E-state index contributed by atoms with van der Waals surface area (Å²) in [5.74, 6) is -1.07.